The van der Waals surface area contributed by atoms with E-state index in [1.807, 2.05) is 12.1 Å². The molecule has 0 saturated carbocycles. The van der Waals surface area contributed by atoms with Gasteiger partial charge in [0.1, 0.15) is 0 Å². The number of nitrogens with zero attached hydrogens (tertiary/aromatic N) is 1. The lowest BCUT2D eigenvalue weighted by Crippen LogP contribution is -2.37. The van der Waals surface area contributed by atoms with E-state index >= 15 is 0 Å². The average molecular weight is 439 g/mol. The van der Waals surface area contributed by atoms with Gasteiger partial charge in [-0.15, -0.1) is 24.0 Å². The largest absolute Gasteiger partial charge is 0.356 e. The van der Waals surface area contributed by atoms with Gasteiger partial charge >= 0.3 is 0 Å². The minimum absolute atomic E-state index is 0. The molecule has 0 spiro atoms. The Labute approximate surface area is 150 Å². The first kappa shape index (κ1) is 21.2. The second kappa shape index (κ2) is 10.0. The summed E-state index contributed by atoms with van der Waals surface area (Å²) in [5, 5.41) is 6.46. The van der Waals surface area contributed by atoms with Gasteiger partial charge in [-0.1, -0.05) is 26.0 Å². The molecule has 0 aromatic heterocycles. The predicted octanol–water partition coefficient (Wildman–Crippen LogP) is 2.42. The van der Waals surface area contributed by atoms with Crippen molar-refractivity contribution in [3.63, 3.8) is 0 Å². The molecule has 7 heteroatoms. The van der Waals surface area contributed by atoms with Crippen LogP contribution in [0.3, 0.4) is 0 Å². The van der Waals surface area contributed by atoms with Crippen LogP contribution in [-0.2, 0) is 16.4 Å². The fourth-order valence-electron chi connectivity index (χ4n) is 1.74. The molecular formula is C15H26IN3O2S. The molecule has 2 N–H and O–H groups in total. The molecule has 0 unspecified atom stereocenters. The molecule has 0 radical (unpaired) electrons. The maximum absolute atomic E-state index is 11.4. The summed E-state index contributed by atoms with van der Waals surface area (Å²) in [5.74, 6) is 1.40. The molecule has 0 heterocycles. The Bertz CT molecular complexity index is 569. The van der Waals surface area contributed by atoms with Gasteiger partial charge in [-0.2, -0.15) is 0 Å². The highest BCUT2D eigenvalue weighted by atomic mass is 127. The predicted molar refractivity (Wildman–Crippen MR) is 103 cm³/mol. The highest BCUT2D eigenvalue weighted by Crippen LogP contribution is 2.10. The summed E-state index contributed by atoms with van der Waals surface area (Å²) in [6.07, 6.45) is 2.30. The molecule has 126 valence electrons. The number of hydrogen-bond donors (Lipinski definition) is 2. The Kier molecular flexibility index (Phi) is 9.66. The Balaban J connectivity index is 0.00000441. The van der Waals surface area contributed by atoms with Gasteiger partial charge in [0.25, 0.3) is 0 Å². The van der Waals surface area contributed by atoms with E-state index in [9.17, 15) is 8.42 Å². The number of benzene rings is 1. The van der Waals surface area contributed by atoms with E-state index in [0.717, 1.165) is 24.5 Å². The molecule has 1 aromatic rings. The summed E-state index contributed by atoms with van der Waals surface area (Å²) >= 11 is 0. The highest BCUT2D eigenvalue weighted by molar-refractivity contribution is 14.0. The van der Waals surface area contributed by atoms with Crippen LogP contribution in [-0.4, -0.2) is 34.2 Å². The summed E-state index contributed by atoms with van der Waals surface area (Å²) < 4.78 is 22.8. The number of halogens is 1. The van der Waals surface area contributed by atoms with Crippen LogP contribution in [0.1, 0.15) is 25.8 Å². The van der Waals surface area contributed by atoms with Crippen LogP contribution in [0.15, 0.2) is 34.2 Å². The van der Waals surface area contributed by atoms with Gasteiger partial charge in [0, 0.05) is 26.4 Å². The molecule has 0 saturated heterocycles. The van der Waals surface area contributed by atoms with E-state index in [0.29, 0.717) is 17.4 Å². The molecule has 0 aliphatic carbocycles. The lowest BCUT2D eigenvalue weighted by molar-refractivity contribution is 0.573. The molecule has 0 amide bonds. The van der Waals surface area contributed by atoms with Crippen molar-refractivity contribution in [1.82, 2.24) is 10.6 Å². The molecule has 5 nitrogen and oxygen atoms in total. The van der Waals surface area contributed by atoms with Crippen LogP contribution in [0.4, 0.5) is 0 Å². The Morgan fingerprint density at radius 1 is 1.18 bits per heavy atom. The third-order valence-corrected chi connectivity index (χ3v) is 4.18. The van der Waals surface area contributed by atoms with E-state index in [2.05, 4.69) is 29.5 Å². The van der Waals surface area contributed by atoms with Crippen molar-refractivity contribution in [3.05, 3.63) is 29.8 Å². The molecule has 0 fully saturated rings. The zero-order valence-corrected chi connectivity index (χ0v) is 16.7. The molecule has 0 bridgehead atoms. The van der Waals surface area contributed by atoms with Crippen LogP contribution in [0.5, 0.6) is 0 Å². The van der Waals surface area contributed by atoms with Crippen molar-refractivity contribution in [1.29, 1.82) is 0 Å². The molecule has 0 aliphatic rings. The van der Waals surface area contributed by atoms with Crippen molar-refractivity contribution in [2.45, 2.75) is 31.7 Å². The first-order valence-corrected chi connectivity index (χ1v) is 8.95. The number of guanidine groups is 1. The van der Waals surface area contributed by atoms with Crippen molar-refractivity contribution < 1.29 is 8.42 Å². The van der Waals surface area contributed by atoms with Gasteiger partial charge in [0.2, 0.25) is 0 Å². The number of hydrogen-bond acceptors (Lipinski definition) is 3. The quantitative estimate of drug-likeness (QED) is 0.406. The van der Waals surface area contributed by atoms with Crippen LogP contribution in [0, 0.1) is 5.92 Å². The summed E-state index contributed by atoms with van der Waals surface area (Å²) in [7, 11) is -1.40. The number of aliphatic imine (C=N–C) groups is 1. The summed E-state index contributed by atoms with van der Waals surface area (Å²) in [6.45, 7) is 5.85. The zero-order chi connectivity index (χ0) is 15.9. The molecule has 1 rings (SSSR count). The third-order valence-electron chi connectivity index (χ3n) is 3.05. The van der Waals surface area contributed by atoms with Gasteiger partial charge in [-0.3, -0.25) is 4.99 Å². The maximum Gasteiger partial charge on any atom is 0.191 e. The number of sulfone groups is 1. The Morgan fingerprint density at radius 2 is 1.77 bits per heavy atom. The van der Waals surface area contributed by atoms with E-state index in [-0.39, 0.29) is 24.0 Å². The molecular weight excluding hydrogens is 413 g/mol. The highest BCUT2D eigenvalue weighted by Gasteiger charge is 2.06. The van der Waals surface area contributed by atoms with Crippen LogP contribution >= 0.6 is 24.0 Å². The van der Waals surface area contributed by atoms with E-state index in [4.69, 9.17) is 0 Å². The lowest BCUT2D eigenvalue weighted by atomic mass is 10.1. The molecule has 1 aromatic carbocycles. The van der Waals surface area contributed by atoms with Crippen molar-refractivity contribution >= 4 is 39.8 Å². The SMILES string of the molecule is CN=C(NCCC(C)C)NCc1ccc(S(C)(=O)=O)cc1.I. The zero-order valence-electron chi connectivity index (χ0n) is 13.6. The Hall–Kier alpha value is -0.830. The average Bonchev–Trinajstić information content (AvgIpc) is 2.41. The molecule has 22 heavy (non-hydrogen) atoms. The van der Waals surface area contributed by atoms with Crippen molar-refractivity contribution in [2.24, 2.45) is 10.9 Å². The monoisotopic (exact) mass is 439 g/mol. The fraction of sp³-hybridized carbons (Fsp3) is 0.533. The van der Waals surface area contributed by atoms with Crippen LogP contribution in [0.25, 0.3) is 0 Å². The normalized spacial score (nSPS) is 12.0. The van der Waals surface area contributed by atoms with E-state index < -0.39 is 9.84 Å². The number of rotatable bonds is 6. The van der Waals surface area contributed by atoms with Gasteiger partial charge in [-0.25, -0.2) is 8.42 Å². The first-order chi connectivity index (χ1) is 9.82. The second-order valence-corrected chi connectivity index (χ2v) is 7.47. The summed E-state index contributed by atoms with van der Waals surface area (Å²) in [4.78, 5) is 4.49. The summed E-state index contributed by atoms with van der Waals surface area (Å²) in [6, 6.07) is 6.87. The van der Waals surface area contributed by atoms with E-state index in [1.165, 1.54) is 6.26 Å². The minimum atomic E-state index is -3.13. The van der Waals surface area contributed by atoms with Gasteiger partial charge in [0.05, 0.1) is 4.90 Å². The smallest absolute Gasteiger partial charge is 0.191 e. The third kappa shape index (κ3) is 7.98. The minimum Gasteiger partial charge on any atom is -0.356 e. The topological polar surface area (TPSA) is 70.6 Å². The molecule has 0 aliphatic heterocycles. The second-order valence-electron chi connectivity index (χ2n) is 5.45. The number of nitrogens with one attached hydrogen (secondary N) is 2. The standard InChI is InChI=1S/C15H25N3O2S.HI/c1-12(2)9-10-17-15(16-3)18-11-13-5-7-14(8-6-13)21(4,19)20;/h5-8,12H,9-11H2,1-4H3,(H2,16,17,18);1H. The van der Waals surface area contributed by atoms with Gasteiger partial charge < -0.3 is 10.6 Å². The van der Waals surface area contributed by atoms with Crippen LogP contribution < -0.4 is 10.6 Å². The maximum atomic E-state index is 11.4. The van der Waals surface area contributed by atoms with Crippen LogP contribution in [0.2, 0.25) is 0 Å². The lowest BCUT2D eigenvalue weighted by Gasteiger charge is -2.13. The first-order valence-electron chi connectivity index (χ1n) is 7.06. The summed E-state index contributed by atoms with van der Waals surface area (Å²) in [5.41, 5.74) is 1.01. The van der Waals surface area contributed by atoms with Crippen molar-refractivity contribution in [3.8, 4) is 0 Å². The van der Waals surface area contributed by atoms with Gasteiger partial charge in [0.15, 0.2) is 15.8 Å². The molecule has 0 atom stereocenters. The Morgan fingerprint density at radius 3 is 2.23 bits per heavy atom. The van der Waals surface area contributed by atoms with Gasteiger partial charge in [-0.05, 0) is 30.0 Å². The fourth-order valence-corrected chi connectivity index (χ4v) is 2.37. The van der Waals surface area contributed by atoms with Crippen molar-refractivity contribution in [2.75, 3.05) is 19.8 Å². The van der Waals surface area contributed by atoms with E-state index in [1.54, 1.807) is 19.2 Å².